The molecule has 0 aliphatic rings. The van der Waals surface area contributed by atoms with Crippen LogP contribution in [0.15, 0.2) is 47.4 Å². The molecule has 146 valence electrons. The second-order valence-electron chi connectivity index (χ2n) is 5.82. The number of benzene rings is 2. The number of aryl methyl sites for hydroxylation is 1. The highest BCUT2D eigenvalue weighted by Crippen LogP contribution is 2.29. The number of rotatable bonds is 9. The maximum atomic E-state index is 13.1. The van der Waals surface area contributed by atoms with Crippen LogP contribution >= 0.6 is 0 Å². The second-order valence-corrected chi connectivity index (χ2v) is 7.92. The predicted octanol–water partition coefficient (Wildman–Crippen LogP) is 2.37. The predicted molar refractivity (Wildman–Crippen MR) is 99.3 cm³/mol. The third-order valence-corrected chi connectivity index (χ3v) is 5.65. The van der Waals surface area contributed by atoms with Gasteiger partial charge in [0.2, 0.25) is 5.91 Å². The van der Waals surface area contributed by atoms with Gasteiger partial charge in [-0.2, -0.15) is 0 Å². The number of hydrogen-bond donors (Lipinski definition) is 1. The Morgan fingerprint density at radius 3 is 2.48 bits per heavy atom. The summed E-state index contributed by atoms with van der Waals surface area (Å²) in [6.07, 6.45) is 0.534. The van der Waals surface area contributed by atoms with Gasteiger partial charge in [-0.15, -0.1) is 0 Å². The van der Waals surface area contributed by atoms with Crippen LogP contribution in [0.5, 0.6) is 11.5 Å². The van der Waals surface area contributed by atoms with Crippen molar-refractivity contribution in [3.63, 3.8) is 0 Å². The van der Waals surface area contributed by atoms with E-state index in [4.69, 9.17) is 9.47 Å². The fourth-order valence-electron chi connectivity index (χ4n) is 2.49. The molecule has 0 radical (unpaired) electrons. The van der Waals surface area contributed by atoms with Crippen molar-refractivity contribution in [1.29, 1.82) is 0 Å². The zero-order valence-electron chi connectivity index (χ0n) is 15.2. The van der Waals surface area contributed by atoms with E-state index in [9.17, 15) is 17.6 Å². The monoisotopic (exact) mass is 395 g/mol. The minimum atomic E-state index is -3.59. The number of carbonyl (C=O) groups is 1. The summed E-state index contributed by atoms with van der Waals surface area (Å²) in [5.41, 5.74) is 0.711. The van der Waals surface area contributed by atoms with Crippen LogP contribution < -0.4 is 14.8 Å². The Labute approximate surface area is 158 Å². The molecule has 2 aromatic carbocycles. The van der Waals surface area contributed by atoms with Gasteiger partial charge in [0, 0.05) is 19.0 Å². The van der Waals surface area contributed by atoms with Gasteiger partial charge in [0.25, 0.3) is 0 Å². The third-order valence-electron chi connectivity index (χ3n) is 3.94. The van der Waals surface area contributed by atoms with Crippen molar-refractivity contribution < 1.29 is 27.1 Å². The first-order valence-corrected chi connectivity index (χ1v) is 9.97. The largest absolute Gasteiger partial charge is 0.493 e. The van der Waals surface area contributed by atoms with Crippen molar-refractivity contribution in [3.05, 3.63) is 53.8 Å². The van der Waals surface area contributed by atoms with E-state index in [1.165, 1.54) is 44.6 Å². The number of nitrogens with one attached hydrogen (secondary N) is 1. The minimum absolute atomic E-state index is 0.0152. The van der Waals surface area contributed by atoms with E-state index in [0.717, 1.165) is 0 Å². The minimum Gasteiger partial charge on any atom is -0.493 e. The van der Waals surface area contributed by atoms with E-state index in [2.05, 4.69) is 5.32 Å². The molecule has 0 unspecified atom stereocenters. The molecule has 0 fully saturated rings. The van der Waals surface area contributed by atoms with Gasteiger partial charge in [-0.3, -0.25) is 4.79 Å². The second kappa shape index (κ2) is 9.36. The Balaban J connectivity index is 1.87. The van der Waals surface area contributed by atoms with Crippen LogP contribution in [0.2, 0.25) is 0 Å². The molecule has 6 nitrogen and oxygen atoms in total. The van der Waals surface area contributed by atoms with Gasteiger partial charge < -0.3 is 14.8 Å². The first-order chi connectivity index (χ1) is 12.9. The highest BCUT2D eigenvalue weighted by atomic mass is 32.2. The normalized spacial score (nSPS) is 11.1. The molecular formula is C19H22FNO5S. The topological polar surface area (TPSA) is 81.7 Å². The van der Waals surface area contributed by atoms with Crippen LogP contribution in [0, 0.1) is 5.82 Å². The van der Waals surface area contributed by atoms with E-state index < -0.39 is 9.84 Å². The van der Waals surface area contributed by atoms with Crippen LogP contribution in [0.25, 0.3) is 0 Å². The number of carbonyl (C=O) groups excluding carboxylic acids is 1. The molecule has 27 heavy (non-hydrogen) atoms. The fourth-order valence-corrected chi connectivity index (χ4v) is 3.66. The molecule has 0 aliphatic heterocycles. The number of halogens is 1. The first kappa shape index (κ1) is 20.7. The average Bonchev–Trinajstić information content (AvgIpc) is 2.65. The van der Waals surface area contributed by atoms with Gasteiger partial charge in [-0.05, 0) is 36.2 Å². The highest BCUT2D eigenvalue weighted by molar-refractivity contribution is 7.91. The van der Waals surface area contributed by atoms with Crippen LogP contribution in [0.1, 0.15) is 12.0 Å². The molecule has 0 aliphatic carbocycles. The Morgan fingerprint density at radius 2 is 1.81 bits per heavy atom. The van der Waals surface area contributed by atoms with E-state index in [1.807, 2.05) is 0 Å². The summed E-state index contributed by atoms with van der Waals surface area (Å²) in [4.78, 5) is 12.0. The smallest absolute Gasteiger partial charge is 0.220 e. The van der Waals surface area contributed by atoms with Crippen LogP contribution in [0.3, 0.4) is 0 Å². The van der Waals surface area contributed by atoms with E-state index in [0.29, 0.717) is 23.5 Å². The van der Waals surface area contributed by atoms with E-state index >= 15 is 0 Å². The summed E-state index contributed by atoms with van der Waals surface area (Å²) in [7, 11) is -0.699. The SMILES string of the molecule is COc1ccc(S(=O)(=O)CCNC(=O)CCc2cccc(F)c2)cc1OC. The lowest BCUT2D eigenvalue weighted by Crippen LogP contribution is -2.29. The molecule has 0 heterocycles. The van der Waals surface area contributed by atoms with Crippen molar-refractivity contribution >= 4 is 15.7 Å². The van der Waals surface area contributed by atoms with Crippen molar-refractivity contribution in [2.75, 3.05) is 26.5 Å². The van der Waals surface area contributed by atoms with Crippen LogP contribution in [-0.2, 0) is 21.1 Å². The summed E-state index contributed by atoms with van der Waals surface area (Å²) >= 11 is 0. The summed E-state index contributed by atoms with van der Waals surface area (Å²) < 4.78 is 48.1. The Kier molecular flexibility index (Phi) is 7.18. The molecule has 2 aromatic rings. The fraction of sp³-hybridized carbons (Fsp3) is 0.316. The molecular weight excluding hydrogens is 373 g/mol. The number of amides is 1. The molecule has 1 amide bonds. The standard InChI is InChI=1S/C19H22FNO5S/c1-25-17-8-7-16(13-18(17)26-2)27(23,24)11-10-21-19(22)9-6-14-4-3-5-15(20)12-14/h3-5,7-8,12-13H,6,9-11H2,1-2H3,(H,21,22). The first-order valence-electron chi connectivity index (χ1n) is 8.31. The summed E-state index contributed by atoms with van der Waals surface area (Å²) in [6, 6.07) is 10.4. The molecule has 0 saturated heterocycles. The highest BCUT2D eigenvalue weighted by Gasteiger charge is 2.17. The lowest BCUT2D eigenvalue weighted by Gasteiger charge is -2.10. The molecule has 2 rings (SSSR count). The van der Waals surface area contributed by atoms with Crippen molar-refractivity contribution in [2.45, 2.75) is 17.7 Å². The van der Waals surface area contributed by atoms with Gasteiger partial charge in [-0.1, -0.05) is 12.1 Å². The summed E-state index contributed by atoms with van der Waals surface area (Å²) in [5.74, 6) is -0.135. The lowest BCUT2D eigenvalue weighted by molar-refractivity contribution is -0.120. The van der Waals surface area contributed by atoms with Gasteiger partial charge in [-0.25, -0.2) is 12.8 Å². The molecule has 0 aromatic heterocycles. The van der Waals surface area contributed by atoms with E-state index in [1.54, 1.807) is 12.1 Å². The van der Waals surface area contributed by atoms with E-state index in [-0.39, 0.29) is 35.3 Å². The average molecular weight is 395 g/mol. The van der Waals surface area contributed by atoms with Gasteiger partial charge in [0.05, 0.1) is 24.9 Å². The number of hydrogen-bond acceptors (Lipinski definition) is 5. The molecule has 0 spiro atoms. The molecule has 0 saturated carbocycles. The maximum absolute atomic E-state index is 13.1. The molecule has 1 N–H and O–H groups in total. The number of ether oxygens (including phenoxy) is 2. The van der Waals surface area contributed by atoms with Gasteiger partial charge in [0.1, 0.15) is 5.82 Å². The number of methoxy groups -OCH3 is 2. The van der Waals surface area contributed by atoms with Crippen LogP contribution in [0.4, 0.5) is 4.39 Å². The Bertz CT molecular complexity index is 899. The maximum Gasteiger partial charge on any atom is 0.220 e. The molecule has 8 heteroatoms. The van der Waals surface area contributed by atoms with Crippen molar-refractivity contribution in [1.82, 2.24) is 5.32 Å². The Hall–Kier alpha value is -2.61. The zero-order chi connectivity index (χ0) is 19.9. The van der Waals surface area contributed by atoms with Crippen LogP contribution in [-0.4, -0.2) is 40.8 Å². The van der Waals surface area contributed by atoms with Crippen molar-refractivity contribution in [2.24, 2.45) is 0 Å². The zero-order valence-corrected chi connectivity index (χ0v) is 16.0. The molecule has 0 bridgehead atoms. The summed E-state index contributed by atoms with van der Waals surface area (Å²) in [6.45, 7) is -0.0152. The van der Waals surface area contributed by atoms with Crippen molar-refractivity contribution in [3.8, 4) is 11.5 Å². The summed E-state index contributed by atoms with van der Waals surface area (Å²) in [5, 5.41) is 2.58. The lowest BCUT2D eigenvalue weighted by atomic mass is 10.1. The molecule has 0 atom stereocenters. The number of sulfone groups is 1. The third kappa shape index (κ3) is 5.96. The Morgan fingerprint density at radius 1 is 1.07 bits per heavy atom. The van der Waals surface area contributed by atoms with Gasteiger partial charge >= 0.3 is 0 Å². The quantitative estimate of drug-likeness (QED) is 0.705. The van der Waals surface area contributed by atoms with Gasteiger partial charge in [0.15, 0.2) is 21.3 Å².